The fourth-order valence-corrected chi connectivity index (χ4v) is 5.32. The molecule has 0 saturated carbocycles. The summed E-state index contributed by atoms with van der Waals surface area (Å²) in [5.74, 6) is 0.0574. The van der Waals surface area contributed by atoms with Crippen molar-refractivity contribution in [3.8, 4) is 0 Å². The summed E-state index contributed by atoms with van der Waals surface area (Å²) in [5, 5.41) is 2.92. The van der Waals surface area contributed by atoms with Gasteiger partial charge >= 0.3 is 0 Å². The second kappa shape index (κ2) is 6.76. The monoisotopic (exact) mass is 368 g/mol. The molecule has 1 N–H and O–H groups in total. The first kappa shape index (κ1) is 17.3. The summed E-state index contributed by atoms with van der Waals surface area (Å²) in [6.07, 6.45) is 0.479. The third kappa shape index (κ3) is 3.92. The maximum Gasteiger partial charge on any atom is 0.257 e. The predicted octanol–water partition coefficient (Wildman–Crippen LogP) is 2.25. The molecule has 0 bridgehead atoms. The lowest BCUT2D eigenvalue weighted by Crippen LogP contribution is -2.42. The van der Waals surface area contributed by atoms with Gasteiger partial charge in [0.25, 0.3) is 5.22 Å². The van der Waals surface area contributed by atoms with E-state index in [1.54, 1.807) is 0 Å². The number of benzene rings is 1. The normalized spacial score (nSPS) is 21.2. The number of aromatic nitrogens is 1. The van der Waals surface area contributed by atoms with Crippen molar-refractivity contribution in [3.05, 3.63) is 24.3 Å². The zero-order valence-corrected chi connectivity index (χ0v) is 15.2. The first-order chi connectivity index (χ1) is 11.3. The van der Waals surface area contributed by atoms with Gasteiger partial charge in [-0.15, -0.1) is 0 Å². The number of oxazole rings is 1. The Morgan fingerprint density at radius 1 is 1.38 bits per heavy atom. The number of hydrogen-bond acceptors (Lipinski definition) is 6. The molecule has 1 fully saturated rings. The molecule has 0 spiro atoms. The average Bonchev–Trinajstić information content (AvgIpc) is 3.06. The molecule has 8 heteroatoms. The number of nitrogens with zero attached hydrogens (tertiary/aromatic N) is 1. The van der Waals surface area contributed by atoms with E-state index in [1.165, 1.54) is 11.8 Å². The van der Waals surface area contributed by atoms with E-state index >= 15 is 0 Å². The number of rotatable bonds is 5. The summed E-state index contributed by atoms with van der Waals surface area (Å²) in [4.78, 5) is 17.0. The fraction of sp³-hybridized carbons (Fsp3) is 0.500. The predicted molar refractivity (Wildman–Crippen MR) is 93.7 cm³/mol. The number of amides is 1. The number of para-hydroxylation sites is 2. The zero-order valence-electron chi connectivity index (χ0n) is 13.6. The van der Waals surface area contributed by atoms with Crippen molar-refractivity contribution in [1.29, 1.82) is 0 Å². The number of hydrogen-bond donors (Lipinski definition) is 1. The Balaban J connectivity index is 1.71. The highest BCUT2D eigenvalue weighted by molar-refractivity contribution is 8.00. The minimum Gasteiger partial charge on any atom is -0.431 e. The van der Waals surface area contributed by atoms with Crippen LogP contribution in [-0.2, 0) is 14.6 Å². The van der Waals surface area contributed by atoms with Gasteiger partial charge in [0.1, 0.15) is 5.52 Å². The van der Waals surface area contributed by atoms with Gasteiger partial charge in [-0.1, -0.05) is 37.7 Å². The average molecular weight is 368 g/mol. The number of carbonyl (C=O) groups excluding carboxylic acids is 1. The lowest BCUT2D eigenvalue weighted by Gasteiger charge is -2.20. The molecule has 1 aliphatic rings. The molecule has 2 heterocycles. The molecule has 1 amide bonds. The number of sulfone groups is 1. The standard InChI is InChI=1S/C16H20N2O4S2/c1-10(2)14(15(19)17-11-7-8-24(20,21)9-11)23-16-18-12-5-3-4-6-13(12)22-16/h3-6,10-11,14H,7-9H2,1-2H3,(H,17,19). The van der Waals surface area contributed by atoms with Gasteiger partial charge in [-0.2, -0.15) is 0 Å². The van der Waals surface area contributed by atoms with Crippen molar-refractivity contribution in [2.75, 3.05) is 11.5 Å². The number of thioether (sulfide) groups is 1. The molecule has 1 aromatic carbocycles. The topological polar surface area (TPSA) is 89.3 Å². The molecule has 3 rings (SSSR count). The highest BCUT2D eigenvalue weighted by Crippen LogP contribution is 2.30. The zero-order chi connectivity index (χ0) is 17.3. The second-order valence-corrected chi connectivity index (χ2v) is 9.66. The van der Waals surface area contributed by atoms with Crippen LogP contribution in [0, 0.1) is 5.92 Å². The van der Waals surface area contributed by atoms with Crippen LogP contribution in [0.25, 0.3) is 11.1 Å². The highest BCUT2D eigenvalue weighted by Gasteiger charge is 2.32. The minimum atomic E-state index is -3.02. The van der Waals surface area contributed by atoms with Crippen LogP contribution >= 0.6 is 11.8 Å². The first-order valence-electron chi connectivity index (χ1n) is 7.87. The number of carbonyl (C=O) groups is 1. The van der Waals surface area contributed by atoms with E-state index in [9.17, 15) is 13.2 Å². The van der Waals surface area contributed by atoms with E-state index in [2.05, 4.69) is 10.3 Å². The first-order valence-corrected chi connectivity index (χ1v) is 10.6. The molecule has 2 atom stereocenters. The van der Waals surface area contributed by atoms with Crippen molar-refractivity contribution < 1.29 is 17.6 Å². The lowest BCUT2D eigenvalue weighted by atomic mass is 10.1. The number of nitrogens with one attached hydrogen (secondary N) is 1. The van der Waals surface area contributed by atoms with Crippen LogP contribution in [-0.4, -0.2) is 42.1 Å². The molecule has 1 saturated heterocycles. The van der Waals surface area contributed by atoms with Gasteiger partial charge in [-0.25, -0.2) is 13.4 Å². The van der Waals surface area contributed by atoms with Gasteiger partial charge in [0.15, 0.2) is 15.4 Å². The molecule has 0 aliphatic carbocycles. The fourth-order valence-electron chi connectivity index (χ4n) is 2.69. The molecule has 6 nitrogen and oxygen atoms in total. The Morgan fingerprint density at radius 2 is 2.12 bits per heavy atom. The third-order valence-electron chi connectivity index (χ3n) is 3.94. The molecular weight excluding hydrogens is 348 g/mol. The van der Waals surface area contributed by atoms with Crippen molar-refractivity contribution in [2.24, 2.45) is 5.92 Å². The second-order valence-electron chi connectivity index (χ2n) is 6.34. The maximum atomic E-state index is 12.6. The van der Waals surface area contributed by atoms with Gasteiger partial charge < -0.3 is 9.73 Å². The Labute approximate surface area is 145 Å². The van der Waals surface area contributed by atoms with E-state index in [0.717, 1.165) is 5.52 Å². The molecular formula is C16H20N2O4S2. The van der Waals surface area contributed by atoms with E-state index in [-0.39, 0.29) is 34.6 Å². The maximum absolute atomic E-state index is 12.6. The van der Waals surface area contributed by atoms with Crippen molar-refractivity contribution >= 4 is 38.6 Å². The van der Waals surface area contributed by atoms with Gasteiger partial charge in [0.2, 0.25) is 5.91 Å². The van der Waals surface area contributed by atoms with Crippen LogP contribution < -0.4 is 5.32 Å². The Bertz CT molecular complexity index is 812. The highest BCUT2D eigenvalue weighted by atomic mass is 32.2. The van der Waals surface area contributed by atoms with Crippen LogP contribution in [0.5, 0.6) is 0 Å². The van der Waals surface area contributed by atoms with Crippen LogP contribution in [0.15, 0.2) is 33.9 Å². The third-order valence-corrected chi connectivity index (χ3v) is 7.10. The molecule has 1 aromatic heterocycles. The molecule has 1 aliphatic heterocycles. The smallest absolute Gasteiger partial charge is 0.257 e. The summed E-state index contributed by atoms with van der Waals surface area (Å²) < 4.78 is 28.7. The van der Waals surface area contributed by atoms with Crippen LogP contribution in [0.2, 0.25) is 0 Å². The molecule has 2 unspecified atom stereocenters. The van der Waals surface area contributed by atoms with E-state index in [4.69, 9.17) is 4.42 Å². The molecule has 24 heavy (non-hydrogen) atoms. The van der Waals surface area contributed by atoms with Crippen LogP contribution in [0.3, 0.4) is 0 Å². The number of fused-ring (bicyclic) bond motifs is 1. The molecule has 0 radical (unpaired) electrons. The minimum absolute atomic E-state index is 0.0249. The van der Waals surface area contributed by atoms with E-state index in [1.807, 2.05) is 38.1 Å². The van der Waals surface area contributed by atoms with E-state index in [0.29, 0.717) is 17.2 Å². The molecule has 130 valence electrons. The summed E-state index contributed by atoms with van der Waals surface area (Å²) in [7, 11) is -3.02. The SMILES string of the molecule is CC(C)C(Sc1nc2ccccc2o1)C(=O)NC1CCS(=O)(=O)C1. The summed E-state index contributed by atoms with van der Waals surface area (Å²) in [6, 6.07) is 7.14. The van der Waals surface area contributed by atoms with Gasteiger partial charge in [-0.05, 0) is 24.5 Å². The summed E-state index contributed by atoms with van der Waals surface area (Å²) >= 11 is 1.27. The summed E-state index contributed by atoms with van der Waals surface area (Å²) in [5.41, 5.74) is 1.44. The van der Waals surface area contributed by atoms with Crippen molar-refractivity contribution in [3.63, 3.8) is 0 Å². The Morgan fingerprint density at radius 3 is 2.75 bits per heavy atom. The summed E-state index contributed by atoms with van der Waals surface area (Å²) in [6.45, 7) is 3.90. The molecule has 2 aromatic rings. The van der Waals surface area contributed by atoms with Gasteiger partial charge in [-0.3, -0.25) is 4.79 Å². The van der Waals surface area contributed by atoms with Crippen molar-refractivity contribution in [2.45, 2.75) is 36.8 Å². The van der Waals surface area contributed by atoms with Crippen molar-refractivity contribution in [1.82, 2.24) is 10.3 Å². The van der Waals surface area contributed by atoms with E-state index < -0.39 is 9.84 Å². The Hall–Kier alpha value is -1.54. The lowest BCUT2D eigenvalue weighted by molar-refractivity contribution is -0.121. The quantitative estimate of drug-likeness (QED) is 0.814. The van der Waals surface area contributed by atoms with Crippen LogP contribution in [0.1, 0.15) is 20.3 Å². The van der Waals surface area contributed by atoms with Gasteiger partial charge in [0, 0.05) is 6.04 Å². The largest absolute Gasteiger partial charge is 0.431 e. The Kier molecular flexibility index (Phi) is 4.87. The van der Waals surface area contributed by atoms with Gasteiger partial charge in [0.05, 0.1) is 16.8 Å². The van der Waals surface area contributed by atoms with Crippen LogP contribution in [0.4, 0.5) is 0 Å².